The zero-order valence-electron chi connectivity index (χ0n) is 15.6. The van der Waals surface area contributed by atoms with Crippen molar-refractivity contribution in [3.05, 3.63) is 82.7 Å². The number of hydrogen-bond acceptors (Lipinski definition) is 4. The fraction of sp³-hybridized carbons (Fsp3) is 0.182. The van der Waals surface area contributed by atoms with E-state index in [4.69, 9.17) is 4.74 Å². The molecule has 5 heteroatoms. The molecule has 138 valence electrons. The molecule has 0 radical (unpaired) electrons. The molecule has 2 rings (SSSR count). The van der Waals surface area contributed by atoms with Crippen LogP contribution < -0.4 is 10.6 Å². The van der Waals surface area contributed by atoms with Crippen LogP contribution in [0.25, 0.3) is 0 Å². The first-order valence-electron chi connectivity index (χ1n) is 8.56. The molecule has 0 bridgehead atoms. The quantitative estimate of drug-likeness (QED) is 0.488. The maximum atomic E-state index is 12.5. The Hall–Kier alpha value is -3.52. The molecule has 0 aliphatic rings. The summed E-state index contributed by atoms with van der Waals surface area (Å²) >= 11 is 0. The molecule has 0 aliphatic carbocycles. The highest BCUT2D eigenvalue weighted by Crippen LogP contribution is 2.07. The summed E-state index contributed by atoms with van der Waals surface area (Å²) < 4.78 is 4.74. The molecule has 0 atom stereocenters. The lowest BCUT2D eigenvalue weighted by Gasteiger charge is -2.13. The second-order valence-electron chi connectivity index (χ2n) is 5.67. The second-order valence-corrected chi connectivity index (χ2v) is 5.67. The molecular weight excluding hydrogens is 340 g/mol. The summed E-state index contributed by atoms with van der Waals surface area (Å²) in [6.45, 7) is 4.23. The monoisotopic (exact) mass is 362 g/mol. The molecule has 1 amide bonds. The van der Waals surface area contributed by atoms with E-state index in [0.29, 0.717) is 17.8 Å². The van der Waals surface area contributed by atoms with Crippen LogP contribution in [0.4, 0.5) is 0 Å². The van der Waals surface area contributed by atoms with E-state index in [1.165, 1.54) is 7.11 Å². The number of benzene rings is 2. The van der Waals surface area contributed by atoms with Crippen molar-refractivity contribution in [1.29, 1.82) is 0 Å². The van der Waals surface area contributed by atoms with E-state index in [2.05, 4.69) is 22.5 Å². The standard InChI is InChI=1S/C22H22N2O3/c1-4-23-16(2)20(22(26)27-3)24-21(25)19-14-12-18(13-15-19)11-10-17-8-6-5-7-9-17/h5-9,12-15,23H,4H2,1-3H3,(H,24,25)/b20-16+. The number of carbonyl (C=O) groups is 2. The van der Waals surface area contributed by atoms with Crippen molar-refractivity contribution in [2.24, 2.45) is 0 Å². The first-order valence-corrected chi connectivity index (χ1v) is 8.56. The summed E-state index contributed by atoms with van der Waals surface area (Å²) in [4.78, 5) is 24.4. The van der Waals surface area contributed by atoms with Crippen molar-refractivity contribution in [3.8, 4) is 11.8 Å². The van der Waals surface area contributed by atoms with Gasteiger partial charge in [-0.05, 0) is 50.2 Å². The molecule has 0 saturated heterocycles. The van der Waals surface area contributed by atoms with Gasteiger partial charge in [0, 0.05) is 28.9 Å². The van der Waals surface area contributed by atoms with Crippen LogP contribution in [0.1, 0.15) is 35.3 Å². The van der Waals surface area contributed by atoms with Gasteiger partial charge in [-0.1, -0.05) is 30.0 Å². The molecule has 27 heavy (non-hydrogen) atoms. The molecule has 0 fully saturated rings. The molecule has 2 aromatic carbocycles. The Balaban J connectivity index is 2.14. The third-order valence-corrected chi connectivity index (χ3v) is 3.72. The minimum atomic E-state index is -0.604. The Morgan fingerprint density at radius 2 is 1.56 bits per heavy atom. The lowest BCUT2D eigenvalue weighted by Crippen LogP contribution is -2.32. The van der Waals surface area contributed by atoms with Crippen molar-refractivity contribution in [3.63, 3.8) is 0 Å². The van der Waals surface area contributed by atoms with E-state index in [1.807, 2.05) is 37.3 Å². The van der Waals surface area contributed by atoms with Crippen LogP contribution >= 0.6 is 0 Å². The molecule has 2 aromatic rings. The van der Waals surface area contributed by atoms with E-state index in [9.17, 15) is 9.59 Å². The van der Waals surface area contributed by atoms with E-state index in [0.717, 1.165) is 11.1 Å². The number of rotatable bonds is 5. The third-order valence-electron chi connectivity index (χ3n) is 3.72. The molecule has 5 nitrogen and oxygen atoms in total. The third kappa shape index (κ3) is 5.75. The predicted molar refractivity (Wildman–Crippen MR) is 105 cm³/mol. The minimum absolute atomic E-state index is 0.0947. The Labute approximate surface area is 159 Å². The van der Waals surface area contributed by atoms with Gasteiger partial charge in [-0.2, -0.15) is 0 Å². The molecule has 2 N–H and O–H groups in total. The molecule has 0 aliphatic heterocycles. The number of carbonyl (C=O) groups excluding carboxylic acids is 2. The molecule has 0 spiro atoms. The van der Waals surface area contributed by atoms with Gasteiger partial charge < -0.3 is 15.4 Å². The predicted octanol–water partition coefficient (Wildman–Crippen LogP) is 2.83. The average Bonchev–Trinajstić information content (AvgIpc) is 2.71. The second kappa shape index (κ2) is 9.83. The zero-order valence-corrected chi connectivity index (χ0v) is 15.6. The van der Waals surface area contributed by atoms with Gasteiger partial charge in [0.2, 0.25) is 0 Å². The van der Waals surface area contributed by atoms with Gasteiger partial charge in [0.1, 0.15) is 5.70 Å². The SMILES string of the molecule is CCN/C(C)=C(/NC(=O)c1ccc(C#Cc2ccccc2)cc1)C(=O)OC. The van der Waals surface area contributed by atoms with Crippen LogP contribution in [0.2, 0.25) is 0 Å². The van der Waals surface area contributed by atoms with E-state index >= 15 is 0 Å². The zero-order chi connectivity index (χ0) is 19.6. The van der Waals surface area contributed by atoms with Gasteiger partial charge in [-0.25, -0.2) is 4.79 Å². The van der Waals surface area contributed by atoms with Gasteiger partial charge in [-0.3, -0.25) is 4.79 Å². The number of nitrogens with one attached hydrogen (secondary N) is 2. The van der Waals surface area contributed by atoms with Crippen molar-refractivity contribution in [1.82, 2.24) is 10.6 Å². The van der Waals surface area contributed by atoms with Gasteiger partial charge in [0.05, 0.1) is 7.11 Å². The number of amides is 1. The number of ether oxygens (including phenoxy) is 1. The Kier molecular flexibility index (Phi) is 7.21. The lowest BCUT2D eigenvalue weighted by molar-refractivity contribution is -0.136. The van der Waals surface area contributed by atoms with Crippen LogP contribution in [0.15, 0.2) is 66.0 Å². The van der Waals surface area contributed by atoms with E-state index in [1.54, 1.807) is 31.2 Å². The molecule has 0 unspecified atom stereocenters. The fourth-order valence-electron chi connectivity index (χ4n) is 2.31. The Morgan fingerprint density at radius 3 is 2.11 bits per heavy atom. The summed E-state index contributed by atoms with van der Waals surface area (Å²) in [5.74, 6) is 5.12. The first kappa shape index (κ1) is 19.8. The van der Waals surface area contributed by atoms with E-state index in [-0.39, 0.29) is 5.70 Å². The highest BCUT2D eigenvalue weighted by atomic mass is 16.5. The highest BCUT2D eigenvalue weighted by molar-refractivity contribution is 6.01. The van der Waals surface area contributed by atoms with Gasteiger partial charge >= 0.3 is 5.97 Å². The van der Waals surface area contributed by atoms with Crippen LogP contribution in [-0.2, 0) is 9.53 Å². The number of allylic oxidation sites excluding steroid dienone is 1. The fourth-order valence-corrected chi connectivity index (χ4v) is 2.31. The van der Waals surface area contributed by atoms with Crippen molar-refractivity contribution >= 4 is 11.9 Å². The Morgan fingerprint density at radius 1 is 0.963 bits per heavy atom. The van der Waals surface area contributed by atoms with Crippen LogP contribution in [0.5, 0.6) is 0 Å². The summed E-state index contributed by atoms with van der Waals surface area (Å²) in [5.41, 5.74) is 2.78. The topological polar surface area (TPSA) is 67.4 Å². The van der Waals surface area contributed by atoms with Gasteiger partial charge in [-0.15, -0.1) is 0 Å². The van der Waals surface area contributed by atoms with Crippen molar-refractivity contribution < 1.29 is 14.3 Å². The van der Waals surface area contributed by atoms with Gasteiger partial charge in [0.15, 0.2) is 0 Å². The minimum Gasteiger partial charge on any atom is -0.464 e. The van der Waals surface area contributed by atoms with Crippen LogP contribution in [-0.4, -0.2) is 25.5 Å². The first-order chi connectivity index (χ1) is 13.0. The van der Waals surface area contributed by atoms with Crippen molar-refractivity contribution in [2.45, 2.75) is 13.8 Å². The number of esters is 1. The highest BCUT2D eigenvalue weighted by Gasteiger charge is 2.17. The smallest absolute Gasteiger partial charge is 0.356 e. The summed E-state index contributed by atoms with van der Waals surface area (Å²) in [6, 6.07) is 16.5. The molecule has 0 saturated carbocycles. The lowest BCUT2D eigenvalue weighted by atomic mass is 10.1. The maximum Gasteiger partial charge on any atom is 0.356 e. The largest absolute Gasteiger partial charge is 0.464 e. The summed E-state index contributed by atoms with van der Waals surface area (Å²) in [5, 5.41) is 5.62. The van der Waals surface area contributed by atoms with E-state index < -0.39 is 11.9 Å². The van der Waals surface area contributed by atoms with Crippen LogP contribution in [0, 0.1) is 11.8 Å². The Bertz CT molecular complexity index is 889. The molecule has 0 heterocycles. The molecular formula is C22H22N2O3. The number of hydrogen-bond donors (Lipinski definition) is 2. The molecule has 0 aromatic heterocycles. The summed E-state index contributed by atoms with van der Waals surface area (Å²) in [7, 11) is 1.27. The average molecular weight is 362 g/mol. The van der Waals surface area contributed by atoms with Crippen LogP contribution in [0.3, 0.4) is 0 Å². The number of methoxy groups -OCH3 is 1. The maximum absolute atomic E-state index is 12.5. The van der Waals surface area contributed by atoms with Gasteiger partial charge in [0.25, 0.3) is 5.91 Å². The van der Waals surface area contributed by atoms with Crippen molar-refractivity contribution in [2.75, 3.05) is 13.7 Å². The summed E-state index contributed by atoms with van der Waals surface area (Å²) in [6.07, 6.45) is 0. The normalized spacial score (nSPS) is 10.8.